The van der Waals surface area contributed by atoms with Crippen molar-refractivity contribution in [2.45, 2.75) is 36.4 Å². The molecular formula is C25H23F3N4OS. The topological polar surface area (TPSA) is 57.3 Å². The average Bonchev–Trinajstić information content (AvgIpc) is 3.20. The lowest BCUT2D eigenvalue weighted by atomic mass is 10.0. The molecule has 2 aliphatic heterocycles. The summed E-state index contributed by atoms with van der Waals surface area (Å²) in [5.41, 5.74) is 3.39. The Balaban J connectivity index is 1.13. The van der Waals surface area contributed by atoms with Crippen LogP contribution >= 0.6 is 11.9 Å². The van der Waals surface area contributed by atoms with Crippen molar-refractivity contribution in [2.24, 2.45) is 0 Å². The Bertz CT molecular complexity index is 1170. The van der Waals surface area contributed by atoms with Gasteiger partial charge in [0.15, 0.2) is 0 Å². The number of aromatic nitrogens is 1. The van der Waals surface area contributed by atoms with Crippen LogP contribution in [0, 0.1) is 0 Å². The lowest BCUT2D eigenvalue weighted by Gasteiger charge is -2.31. The van der Waals surface area contributed by atoms with Crippen LogP contribution < -0.4 is 10.6 Å². The SMILES string of the molecule is O=C1Cc2cc(-c3ccc(SN4CCC(Nc5ccc(C(F)(F)F)cn5)CC4)cc3)ccc2N1. The number of nitrogens with zero attached hydrogens (tertiary/aromatic N) is 2. The average molecular weight is 485 g/mol. The Morgan fingerprint density at radius 1 is 1.00 bits per heavy atom. The second kappa shape index (κ2) is 9.31. The van der Waals surface area contributed by atoms with Crippen molar-refractivity contribution in [1.82, 2.24) is 9.29 Å². The van der Waals surface area contributed by atoms with E-state index in [1.54, 1.807) is 11.9 Å². The van der Waals surface area contributed by atoms with Crippen LogP contribution in [0.1, 0.15) is 24.0 Å². The highest BCUT2D eigenvalue weighted by Crippen LogP contribution is 2.32. The van der Waals surface area contributed by atoms with E-state index in [1.165, 1.54) is 6.07 Å². The number of halogens is 3. The highest BCUT2D eigenvalue weighted by atomic mass is 32.2. The van der Waals surface area contributed by atoms with E-state index in [-0.39, 0.29) is 11.9 Å². The van der Waals surface area contributed by atoms with E-state index in [1.807, 2.05) is 12.1 Å². The Labute approximate surface area is 199 Å². The van der Waals surface area contributed by atoms with Gasteiger partial charge in [-0.1, -0.05) is 18.2 Å². The number of hydrogen-bond donors (Lipinski definition) is 2. The molecule has 5 nitrogen and oxygen atoms in total. The fourth-order valence-corrected chi connectivity index (χ4v) is 5.16. The zero-order valence-electron chi connectivity index (χ0n) is 18.2. The second-order valence-electron chi connectivity index (χ2n) is 8.49. The molecule has 0 spiro atoms. The van der Waals surface area contributed by atoms with Gasteiger partial charge < -0.3 is 10.6 Å². The molecular weight excluding hydrogens is 461 g/mol. The van der Waals surface area contributed by atoms with E-state index in [4.69, 9.17) is 0 Å². The molecule has 3 heterocycles. The first kappa shape index (κ1) is 22.7. The van der Waals surface area contributed by atoms with Gasteiger partial charge in [-0.15, -0.1) is 0 Å². The number of hydrogen-bond acceptors (Lipinski definition) is 5. The lowest BCUT2D eigenvalue weighted by molar-refractivity contribution is -0.137. The number of anilines is 2. The van der Waals surface area contributed by atoms with Gasteiger partial charge in [0.2, 0.25) is 5.91 Å². The van der Waals surface area contributed by atoms with Crippen LogP contribution in [-0.2, 0) is 17.4 Å². The van der Waals surface area contributed by atoms with Crippen LogP contribution in [0.5, 0.6) is 0 Å². The van der Waals surface area contributed by atoms with Crippen molar-refractivity contribution in [3.63, 3.8) is 0 Å². The van der Waals surface area contributed by atoms with Gasteiger partial charge in [0.05, 0.1) is 12.0 Å². The Kier molecular flexibility index (Phi) is 6.22. The van der Waals surface area contributed by atoms with Gasteiger partial charge in [-0.05, 0) is 77.9 Å². The Morgan fingerprint density at radius 2 is 1.74 bits per heavy atom. The smallest absolute Gasteiger partial charge is 0.367 e. The summed E-state index contributed by atoms with van der Waals surface area (Å²) in [4.78, 5) is 16.6. The minimum Gasteiger partial charge on any atom is -0.367 e. The zero-order chi connectivity index (χ0) is 23.7. The standard InChI is InChI=1S/C25H23F3N4OS/c26-25(27,28)19-4-8-23(29-15-19)30-20-9-11-32(12-10-20)34-21-5-1-16(2-6-21)17-3-7-22-18(13-17)14-24(33)31-22/h1-8,13,15,20H,9-12,14H2,(H,29,30)(H,31,33). The first-order valence-electron chi connectivity index (χ1n) is 11.1. The number of amides is 1. The molecule has 0 aliphatic carbocycles. The van der Waals surface area contributed by atoms with Crippen LogP contribution in [0.15, 0.2) is 65.7 Å². The molecule has 0 unspecified atom stereocenters. The van der Waals surface area contributed by atoms with Gasteiger partial charge in [-0.3, -0.25) is 4.79 Å². The fourth-order valence-electron chi connectivity index (χ4n) is 4.21. The zero-order valence-corrected chi connectivity index (χ0v) is 19.0. The number of carbonyl (C=O) groups excluding carboxylic acids is 1. The molecule has 1 fully saturated rings. The Morgan fingerprint density at radius 3 is 2.41 bits per heavy atom. The van der Waals surface area contributed by atoms with Gasteiger partial charge in [0.25, 0.3) is 0 Å². The molecule has 34 heavy (non-hydrogen) atoms. The third-order valence-corrected chi connectivity index (χ3v) is 7.16. The maximum atomic E-state index is 12.7. The third kappa shape index (κ3) is 5.20. The van der Waals surface area contributed by atoms with E-state index in [0.29, 0.717) is 12.2 Å². The van der Waals surface area contributed by atoms with Crippen LogP contribution in [-0.4, -0.2) is 34.3 Å². The number of piperidine rings is 1. The van der Waals surface area contributed by atoms with Crippen LogP contribution in [0.2, 0.25) is 0 Å². The molecule has 1 amide bonds. The number of rotatable bonds is 5. The number of alkyl halides is 3. The minimum absolute atomic E-state index is 0.0356. The van der Waals surface area contributed by atoms with Crippen molar-refractivity contribution >= 4 is 29.4 Å². The van der Waals surface area contributed by atoms with E-state index < -0.39 is 11.7 Å². The monoisotopic (exact) mass is 484 g/mol. The van der Waals surface area contributed by atoms with E-state index in [9.17, 15) is 18.0 Å². The number of fused-ring (bicyclic) bond motifs is 1. The maximum Gasteiger partial charge on any atom is 0.417 e. The van der Waals surface area contributed by atoms with Crippen molar-refractivity contribution in [3.8, 4) is 11.1 Å². The highest BCUT2D eigenvalue weighted by Gasteiger charge is 2.30. The predicted octanol–water partition coefficient (Wildman–Crippen LogP) is 5.85. The quantitative estimate of drug-likeness (QED) is 0.445. The lowest BCUT2D eigenvalue weighted by Crippen LogP contribution is -2.35. The normalized spacial score (nSPS) is 16.9. The van der Waals surface area contributed by atoms with Crippen molar-refractivity contribution in [2.75, 3.05) is 23.7 Å². The molecule has 1 aromatic heterocycles. The summed E-state index contributed by atoms with van der Waals surface area (Å²) in [5.74, 6) is 0.509. The highest BCUT2D eigenvalue weighted by molar-refractivity contribution is 7.97. The summed E-state index contributed by atoms with van der Waals surface area (Å²) >= 11 is 1.71. The van der Waals surface area contributed by atoms with Gasteiger partial charge in [-0.25, -0.2) is 9.29 Å². The molecule has 2 aromatic carbocycles. The number of nitrogens with one attached hydrogen (secondary N) is 2. The summed E-state index contributed by atoms with van der Waals surface area (Å²) in [7, 11) is 0. The molecule has 1 saturated heterocycles. The maximum absolute atomic E-state index is 12.7. The van der Waals surface area contributed by atoms with Crippen molar-refractivity contribution < 1.29 is 18.0 Å². The minimum atomic E-state index is -4.37. The number of carbonyl (C=O) groups is 1. The first-order valence-corrected chi connectivity index (χ1v) is 11.9. The largest absolute Gasteiger partial charge is 0.417 e. The van der Waals surface area contributed by atoms with Gasteiger partial charge >= 0.3 is 6.18 Å². The van der Waals surface area contributed by atoms with E-state index in [2.05, 4.69) is 50.3 Å². The summed E-state index contributed by atoms with van der Waals surface area (Å²) < 4.78 is 40.4. The second-order valence-corrected chi connectivity index (χ2v) is 9.66. The van der Waals surface area contributed by atoms with Gasteiger partial charge in [0.1, 0.15) is 5.82 Å². The molecule has 5 rings (SSSR count). The van der Waals surface area contributed by atoms with Crippen LogP contribution in [0.25, 0.3) is 11.1 Å². The van der Waals surface area contributed by atoms with E-state index in [0.717, 1.165) is 65.5 Å². The van der Waals surface area contributed by atoms with Gasteiger partial charge in [0, 0.05) is 35.9 Å². The molecule has 0 radical (unpaired) electrons. The Hall–Kier alpha value is -3.04. The fraction of sp³-hybridized carbons (Fsp3) is 0.280. The number of pyridine rings is 1. The molecule has 0 atom stereocenters. The van der Waals surface area contributed by atoms with Crippen LogP contribution in [0.3, 0.4) is 0 Å². The molecule has 176 valence electrons. The molecule has 3 aromatic rings. The number of benzene rings is 2. The van der Waals surface area contributed by atoms with Gasteiger partial charge in [-0.2, -0.15) is 13.2 Å². The molecule has 2 N–H and O–H groups in total. The molecule has 9 heteroatoms. The summed E-state index contributed by atoms with van der Waals surface area (Å²) in [6.45, 7) is 1.74. The molecule has 0 saturated carbocycles. The van der Waals surface area contributed by atoms with Crippen LogP contribution in [0.4, 0.5) is 24.7 Å². The molecule has 2 aliphatic rings. The molecule has 0 bridgehead atoms. The van der Waals surface area contributed by atoms with E-state index >= 15 is 0 Å². The van der Waals surface area contributed by atoms with Crippen molar-refractivity contribution in [1.29, 1.82) is 0 Å². The summed E-state index contributed by atoms with van der Waals surface area (Å²) in [6.07, 6.45) is -1.30. The van der Waals surface area contributed by atoms with Crippen molar-refractivity contribution in [3.05, 3.63) is 71.9 Å². The predicted molar refractivity (Wildman–Crippen MR) is 128 cm³/mol. The first-order chi connectivity index (χ1) is 16.3. The third-order valence-electron chi connectivity index (χ3n) is 6.05. The summed E-state index contributed by atoms with van der Waals surface area (Å²) in [5, 5.41) is 6.11. The summed E-state index contributed by atoms with van der Waals surface area (Å²) in [6, 6.07) is 17.1.